The van der Waals surface area contributed by atoms with E-state index in [4.69, 9.17) is 4.43 Å². The number of halogens is 6. The van der Waals surface area contributed by atoms with Gasteiger partial charge in [0, 0.05) is 5.56 Å². The third-order valence-corrected chi connectivity index (χ3v) is 11.0. The predicted molar refractivity (Wildman–Crippen MR) is 114 cm³/mol. The van der Waals surface area contributed by atoms with Gasteiger partial charge in [0.05, 0.1) is 28.6 Å². The second-order valence-electron chi connectivity index (χ2n) is 9.89. The van der Waals surface area contributed by atoms with Crippen LogP contribution in [0.25, 0.3) is 11.3 Å². The van der Waals surface area contributed by atoms with Crippen LogP contribution in [0.2, 0.25) is 18.1 Å². The lowest BCUT2D eigenvalue weighted by atomic mass is 9.99. The Morgan fingerprint density at radius 2 is 1.44 bits per heavy atom. The van der Waals surface area contributed by atoms with E-state index in [2.05, 4.69) is 38.8 Å². The van der Waals surface area contributed by atoms with Crippen LogP contribution in [0.15, 0.2) is 24.3 Å². The molecule has 0 N–H and O–H groups in total. The van der Waals surface area contributed by atoms with Crippen molar-refractivity contribution in [1.29, 1.82) is 0 Å². The van der Waals surface area contributed by atoms with Gasteiger partial charge in [0.25, 0.3) is 0 Å². The Hall–Kier alpha value is -1.87. The van der Waals surface area contributed by atoms with E-state index in [1.807, 2.05) is 0 Å². The van der Waals surface area contributed by atoms with Crippen molar-refractivity contribution in [3.8, 4) is 11.3 Å². The number of pyridine rings is 1. The SMILES string of the molecule is Cc1cc(-c2cc(C(F)(F)F)cc(C(F)(F)F)c2)nc2c1CCC2O[Si](C)(C)C(C)(C)C. The number of aromatic nitrogens is 1. The van der Waals surface area contributed by atoms with Crippen molar-refractivity contribution in [2.24, 2.45) is 0 Å². The largest absolute Gasteiger partial charge is 0.416 e. The molecule has 2 nitrogen and oxygen atoms in total. The number of benzene rings is 1. The first kappa shape index (κ1) is 24.8. The lowest BCUT2D eigenvalue weighted by molar-refractivity contribution is -0.143. The van der Waals surface area contributed by atoms with Crippen molar-refractivity contribution in [3.05, 3.63) is 52.2 Å². The van der Waals surface area contributed by atoms with E-state index in [1.54, 1.807) is 13.0 Å². The van der Waals surface area contributed by atoms with Gasteiger partial charge in [-0.25, -0.2) is 4.98 Å². The molecule has 2 aromatic rings. The van der Waals surface area contributed by atoms with E-state index >= 15 is 0 Å². The molecule has 1 aliphatic rings. The zero-order valence-corrected chi connectivity index (χ0v) is 19.9. The second kappa shape index (κ2) is 7.87. The number of fused-ring (bicyclic) bond motifs is 1. The molecule has 0 spiro atoms. The maximum absolute atomic E-state index is 13.3. The summed E-state index contributed by atoms with van der Waals surface area (Å²) in [7, 11) is -2.16. The molecule has 1 heterocycles. The van der Waals surface area contributed by atoms with Crippen molar-refractivity contribution in [2.75, 3.05) is 0 Å². The van der Waals surface area contributed by atoms with Crippen LogP contribution in [-0.2, 0) is 23.2 Å². The molecule has 1 aliphatic carbocycles. The summed E-state index contributed by atoms with van der Waals surface area (Å²) in [6.07, 6.45) is -8.73. The van der Waals surface area contributed by atoms with Crippen molar-refractivity contribution in [3.63, 3.8) is 0 Å². The molecule has 0 saturated carbocycles. The standard InChI is InChI=1S/C23H27F6NOSi/c1-13-9-18(14-10-15(22(24,25)26)12-16(11-14)23(27,28)29)30-20-17(13)7-8-19(20)31-32(5,6)21(2,3)4/h9-12,19H,7-8H2,1-6H3. The Labute approximate surface area is 185 Å². The normalized spacial score (nSPS) is 17.6. The van der Waals surface area contributed by atoms with Gasteiger partial charge in [0.15, 0.2) is 8.32 Å². The molecule has 9 heteroatoms. The molecule has 32 heavy (non-hydrogen) atoms. The van der Waals surface area contributed by atoms with Gasteiger partial charge in [-0.05, 0) is 73.3 Å². The van der Waals surface area contributed by atoms with E-state index in [-0.39, 0.29) is 28.5 Å². The first-order valence-corrected chi connectivity index (χ1v) is 13.3. The highest BCUT2D eigenvalue weighted by atomic mass is 28.4. The van der Waals surface area contributed by atoms with Gasteiger partial charge in [0.2, 0.25) is 0 Å². The van der Waals surface area contributed by atoms with E-state index in [1.165, 1.54) is 0 Å². The Morgan fingerprint density at radius 1 is 0.906 bits per heavy atom. The van der Waals surface area contributed by atoms with Gasteiger partial charge in [-0.1, -0.05) is 20.8 Å². The van der Waals surface area contributed by atoms with Gasteiger partial charge in [-0.15, -0.1) is 0 Å². The number of aryl methyl sites for hydroxylation is 1. The quantitative estimate of drug-likeness (QED) is 0.330. The predicted octanol–water partition coefficient (Wildman–Crippen LogP) is 8.10. The summed E-state index contributed by atoms with van der Waals surface area (Å²) in [5, 5.41) is -0.0505. The lowest BCUT2D eigenvalue weighted by Gasteiger charge is -2.38. The van der Waals surface area contributed by atoms with Crippen molar-refractivity contribution in [1.82, 2.24) is 4.98 Å². The molecular formula is C23H27F6NOSi. The average molecular weight is 476 g/mol. The maximum Gasteiger partial charge on any atom is 0.416 e. The molecule has 1 aromatic carbocycles. The minimum atomic E-state index is -4.91. The molecule has 0 radical (unpaired) electrons. The summed E-state index contributed by atoms with van der Waals surface area (Å²) in [4.78, 5) is 4.54. The number of rotatable bonds is 3. The smallest absolute Gasteiger partial charge is 0.408 e. The fourth-order valence-corrected chi connectivity index (χ4v) is 4.92. The molecular weight excluding hydrogens is 448 g/mol. The van der Waals surface area contributed by atoms with Crippen molar-refractivity contribution < 1.29 is 30.8 Å². The van der Waals surface area contributed by atoms with Crippen LogP contribution in [0.4, 0.5) is 26.3 Å². The summed E-state index contributed by atoms with van der Waals surface area (Å²) in [5.41, 5.74) is -0.458. The summed E-state index contributed by atoms with van der Waals surface area (Å²) < 4.78 is 86.4. The average Bonchev–Trinajstić information content (AvgIpc) is 3.01. The van der Waals surface area contributed by atoms with Crippen LogP contribution >= 0.6 is 0 Å². The fraction of sp³-hybridized carbons (Fsp3) is 0.522. The molecule has 1 atom stereocenters. The third-order valence-electron chi connectivity index (χ3n) is 6.47. The molecule has 176 valence electrons. The van der Waals surface area contributed by atoms with Crippen LogP contribution in [0, 0.1) is 6.92 Å². The van der Waals surface area contributed by atoms with Gasteiger partial charge < -0.3 is 4.43 Å². The Kier molecular flexibility index (Phi) is 6.09. The van der Waals surface area contributed by atoms with Gasteiger partial charge in [0.1, 0.15) is 0 Å². The summed E-state index contributed by atoms with van der Waals surface area (Å²) >= 11 is 0. The summed E-state index contributed by atoms with van der Waals surface area (Å²) in [6.45, 7) is 12.3. The molecule has 0 saturated heterocycles. The molecule has 0 fully saturated rings. The van der Waals surface area contributed by atoms with E-state index in [9.17, 15) is 26.3 Å². The van der Waals surface area contributed by atoms with Crippen LogP contribution in [0.3, 0.4) is 0 Å². The highest BCUT2D eigenvalue weighted by molar-refractivity contribution is 6.74. The molecule has 0 aliphatic heterocycles. The highest BCUT2D eigenvalue weighted by Crippen LogP contribution is 2.45. The number of hydrogen-bond donors (Lipinski definition) is 0. The topological polar surface area (TPSA) is 22.1 Å². The summed E-state index contributed by atoms with van der Waals surface area (Å²) in [5.74, 6) is 0. The number of nitrogens with zero attached hydrogens (tertiary/aromatic N) is 1. The second-order valence-corrected chi connectivity index (χ2v) is 14.6. The highest BCUT2D eigenvalue weighted by Gasteiger charge is 2.42. The first-order chi connectivity index (χ1) is 14.4. The van der Waals surface area contributed by atoms with Gasteiger partial charge in [-0.2, -0.15) is 26.3 Å². The van der Waals surface area contributed by atoms with E-state index in [0.29, 0.717) is 18.5 Å². The zero-order valence-electron chi connectivity index (χ0n) is 18.9. The fourth-order valence-electron chi connectivity index (χ4n) is 3.63. The maximum atomic E-state index is 13.3. The molecule has 1 aromatic heterocycles. The minimum Gasteiger partial charge on any atom is -0.408 e. The van der Waals surface area contributed by atoms with Gasteiger partial charge >= 0.3 is 12.4 Å². The first-order valence-electron chi connectivity index (χ1n) is 10.4. The minimum absolute atomic E-state index is 0.0505. The molecule has 0 bridgehead atoms. The number of hydrogen-bond acceptors (Lipinski definition) is 2. The molecule has 0 amide bonds. The van der Waals surface area contributed by atoms with Crippen LogP contribution in [0.1, 0.15) is 61.2 Å². The summed E-state index contributed by atoms with van der Waals surface area (Å²) in [6, 6.07) is 3.14. The zero-order chi connectivity index (χ0) is 24.3. The number of alkyl halides is 6. The Bertz CT molecular complexity index is 989. The van der Waals surface area contributed by atoms with Crippen molar-refractivity contribution in [2.45, 2.75) is 77.1 Å². The van der Waals surface area contributed by atoms with Crippen LogP contribution in [0.5, 0.6) is 0 Å². The Balaban J connectivity index is 2.11. The lowest BCUT2D eigenvalue weighted by Crippen LogP contribution is -2.41. The monoisotopic (exact) mass is 475 g/mol. The van der Waals surface area contributed by atoms with Crippen LogP contribution in [-0.4, -0.2) is 13.3 Å². The molecule has 1 unspecified atom stereocenters. The van der Waals surface area contributed by atoms with E-state index < -0.39 is 31.8 Å². The van der Waals surface area contributed by atoms with Crippen molar-refractivity contribution >= 4 is 8.32 Å². The van der Waals surface area contributed by atoms with E-state index in [0.717, 1.165) is 23.3 Å². The van der Waals surface area contributed by atoms with Gasteiger partial charge in [-0.3, -0.25) is 0 Å². The molecule has 3 rings (SSSR count). The Morgan fingerprint density at radius 3 is 1.91 bits per heavy atom. The third kappa shape index (κ3) is 4.88. The van der Waals surface area contributed by atoms with Crippen LogP contribution < -0.4 is 0 Å².